The first-order valence-electron chi connectivity index (χ1n) is 22.9. The van der Waals surface area contributed by atoms with Crippen LogP contribution in [0.25, 0.3) is 0 Å². The lowest BCUT2D eigenvalue weighted by molar-refractivity contribution is -0.441. The number of aromatic nitrogens is 1. The second-order valence-electron chi connectivity index (χ2n) is 19.4. The van der Waals surface area contributed by atoms with Gasteiger partial charge in [0.25, 0.3) is 30.4 Å². The number of carbonyl (C=O) groups excluding carboxylic acids is 1. The Bertz CT molecular complexity index is 2930. The Kier molecular flexibility index (Phi) is 17.9. The van der Waals surface area contributed by atoms with Gasteiger partial charge >= 0.3 is 5.97 Å². The number of allylic oxidation sites excluding steroid dienone is 8. The first kappa shape index (κ1) is 56.8. The first-order valence-corrected chi connectivity index (χ1v) is 27.4. The zero-order chi connectivity index (χ0) is 52.8. The number of nitrogens with zero attached hydrogens (tertiary/aromatic N) is 3. The number of carbonyl (C=O) groups is 1. The van der Waals surface area contributed by atoms with Crippen LogP contribution < -0.4 is 9.74 Å². The van der Waals surface area contributed by atoms with Gasteiger partial charge in [0.1, 0.15) is 6.61 Å². The minimum Gasteiger partial charge on any atom is -0.492 e. The number of rotatable bonds is 25. The lowest BCUT2D eigenvalue weighted by Gasteiger charge is -2.45. The summed E-state index contributed by atoms with van der Waals surface area (Å²) < 4.78 is 109. The van der Waals surface area contributed by atoms with Crippen molar-refractivity contribution in [3.63, 3.8) is 0 Å². The normalized spacial score (nSPS) is 19.5. The molecule has 18 nitrogen and oxygen atoms in total. The third kappa shape index (κ3) is 12.9. The summed E-state index contributed by atoms with van der Waals surface area (Å²) in [5.74, 6) is -1.74. The van der Waals surface area contributed by atoms with E-state index in [-0.39, 0.29) is 28.4 Å². The predicted octanol–water partition coefficient (Wildman–Crippen LogP) is 7.24. The van der Waals surface area contributed by atoms with Crippen molar-refractivity contribution in [3.8, 4) is 11.8 Å². The molecular formula is C50H68N3O15S3+. The molecule has 0 spiro atoms. The second-order valence-corrected chi connectivity index (χ2v) is 24.4. The van der Waals surface area contributed by atoms with Gasteiger partial charge in [-0.25, -0.2) is 4.79 Å². The highest BCUT2D eigenvalue weighted by molar-refractivity contribution is 7.87. The van der Waals surface area contributed by atoms with E-state index in [9.17, 15) is 44.8 Å². The average molecular weight is 1050 g/mol. The first-order chi connectivity index (χ1) is 33.1. The molecule has 2 atom stereocenters. The van der Waals surface area contributed by atoms with Gasteiger partial charge in [0.15, 0.2) is 12.3 Å². The average Bonchev–Trinajstić information content (AvgIpc) is 3.84. The van der Waals surface area contributed by atoms with E-state index in [1.165, 1.54) is 30.3 Å². The highest BCUT2D eigenvalue weighted by Gasteiger charge is 2.50. The van der Waals surface area contributed by atoms with Crippen LogP contribution in [0.2, 0.25) is 0 Å². The van der Waals surface area contributed by atoms with Crippen molar-refractivity contribution in [3.05, 3.63) is 108 Å². The van der Waals surface area contributed by atoms with Crippen molar-refractivity contribution in [1.82, 2.24) is 4.73 Å². The molecule has 0 fully saturated rings. The molecule has 0 amide bonds. The van der Waals surface area contributed by atoms with Gasteiger partial charge in [0.2, 0.25) is 17.4 Å². The summed E-state index contributed by atoms with van der Waals surface area (Å²) in [6, 6.07) is 11.7. The summed E-state index contributed by atoms with van der Waals surface area (Å²) in [5.41, 5.74) is 1.62. The smallest absolute Gasteiger partial charge is 0.333 e. The van der Waals surface area contributed by atoms with E-state index in [1.807, 2.05) is 74.8 Å². The van der Waals surface area contributed by atoms with Gasteiger partial charge < -0.3 is 29.4 Å². The second kappa shape index (κ2) is 22.3. The fourth-order valence-electron chi connectivity index (χ4n) is 9.87. The summed E-state index contributed by atoms with van der Waals surface area (Å²) in [6.45, 7) is 13.2. The Morgan fingerprint density at radius 2 is 1.38 bits per heavy atom. The maximum atomic E-state index is 12.9. The molecule has 2 aromatic carbocycles. The molecule has 2 aliphatic rings. The van der Waals surface area contributed by atoms with Crippen LogP contribution >= 0.6 is 0 Å². The van der Waals surface area contributed by atoms with Crippen molar-refractivity contribution in [2.75, 3.05) is 58.9 Å². The van der Waals surface area contributed by atoms with Gasteiger partial charge in [-0.15, -0.1) is 4.73 Å². The van der Waals surface area contributed by atoms with Gasteiger partial charge in [0, 0.05) is 79.4 Å². The summed E-state index contributed by atoms with van der Waals surface area (Å²) in [7, 11) is -7.03. The number of hydrogen-bond acceptors (Lipinski definition) is 15. The fourth-order valence-corrected chi connectivity index (χ4v) is 11.7. The minimum atomic E-state index is -4.57. The third-order valence-corrected chi connectivity index (χ3v) is 16.7. The lowest BCUT2D eigenvalue weighted by atomic mass is 9.75. The predicted molar refractivity (Wildman–Crippen MR) is 269 cm³/mol. The molecule has 3 heterocycles. The van der Waals surface area contributed by atoms with E-state index in [2.05, 4.69) is 18.7 Å². The van der Waals surface area contributed by atoms with Crippen LogP contribution in [-0.4, -0.2) is 120 Å². The highest BCUT2D eigenvalue weighted by Crippen LogP contribution is 2.55. The molecule has 71 heavy (non-hydrogen) atoms. The number of benzene rings is 2. The van der Waals surface area contributed by atoms with Gasteiger partial charge in [-0.05, 0) is 107 Å². The summed E-state index contributed by atoms with van der Waals surface area (Å²) in [5, 5.41) is 19.9. The SMILES string of the molecule is COCC[N+]1=C(C=CC=CC=CC=C2N(C(C)(C)CC(C)(C)CCC(=O)On3c(O)ccc3O)c3ccc(S(=O)(=O)O)cc3C2(C)CCOC)C(C)(CCCS(=O)(=O)OC)c2cc(S(=O)(=O)OC)ccc21. The maximum absolute atomic E-state index is 12.9. The Labute approximate surface area is 418 Å². The monoisotopic (exact) mass is 1050 g/mol. The Balaban J connectivity index is 1.51. The molecule has 390 valence electrons. The van der Waals surface area contributed by atoms with Crippen molar-refractivity contribution in [1.29, 1.82) is 0 Å². The molecule has 5 rings (SSSR count). The number of ether oxygens (including phenoxy) is 2. The number of methoxy groups -OCH3 is 2. The van der Waals surface area contributed by atoms with E-state index in [1.54, 1.807) is 32.4 Å². The highest BCUT2D eigenvalue weighted by atomic mass is 32.2. The fraction of sp³-hybridized carbons (Fsp3) is 0.480. The molecule has 21 heteroatoms. The molecule has 3 aromatic rings. The molecule has 2 aliphatic heterocycles. The largest absolute Gasteiger partial charge is 0.492 e. The van der Waals surface area contributed by atoms with Gasteiger partial charge in [-0.1, -0.05) is 44.2 Å². The van der Waals surface area contributed by atoms with Crippen LogP contribution in [0.4, 0.5) is 11.4 Å². The quantitative estimate of drug-likeness (QED) is 0.0328. The van der Waals surface area contributed by atoms with Crippen LogP contribution in [0.5, 0.6) is 11.8 Å². The number of anilines is 1. The minimum absolute atomic E-state index is 0.0266. The van der Waals surface area contributed by atoms with E-state index < -0.39 is 69.9 Å². The van der Waals surface area contributed by atoms with Crippen molar-refractivity contribution >= 4 is 53.4 Å². The third-order valence-electron chi connectivity index (χ3n) is 13.2. The summed E-state index contributed by atoms with van der Waals surface area (Å²) in [6.07, 6.45) is 15.0. The molecular weight excluding hydrogens is 979 g/mol. The van der Waals surface area contributed by atoms with E-state index >= 15 is 0 Å². The molecule has 0 saturated heterocycles. The molecule has 1 aromatic heterocycles. The number of aromatic hydroxyl groups is 2. The van der Waals surface area contributed by atoms with Crippen molar-refractivity contribution in [2.24, 2.45) is 5.41 Å². The molecule has 0 aliphatic carbocycles. The van der Waals surface area contributed by atoms with E-state index in [4.69, 9.17) is 22.7 Å². The van der Waals surface area contributed by atoms with Crippen molar-refractivity contribution < 1.29 is 72.1 Å². The van der Waals surface area contributed by atoms with Crippen molar-refractivity contribution in [2.45, 2.75) is 106 Å². The zero-order valence-electron chi connectivity index (χ0n) is 42.0. The Morgan fingerprint density at radius 3 is 2.00 bits per heavy atom. The van der Waals surface area contributed by atoms with Gasteiger partial charge in [-0.2, -0.15) is 29.8 Å². The Hall–Kier alpha value is -5.13. The topological polar surface area (TPSA) is 238 Å². The lowest BCUT2D eigenvalue weighted by Crippen LogP contribution is -2.47. The zero-order valence-corrected chi connectivity index (χ0v) is 44.5. The summed E-state index contributed by atoms with van der Waals surface area (Å²) in [4.78, 5) is 20.0. The Morgan fingerprint density at radius 1 is 0.761 bits per heavy atom. The van der Waals surface area contributed by atoms with Crippen LogP contribution in [0.1, 0.15) is 91.2 Å². The molecule has 0 saturated carbocycles. The molecule has 2 unspecified atom stereocenters. The molecule has 3 N–H and O–H groups in total. The van der Waals surface area contributed by atoms with E-state index in [0.29, 0.717) is 61.3 Å². The maximum Gasteiger partial charge on any atom is 0.333 e. The van der Waals surface area contributed by atoms with Crippen LogP contribution in [-0.2, 0) is 63.8 Å². The number of fused-ring (bicyclic) bond motifs is 2. The van der Waals surface area contributed by atoms with Crippen LogP contribution in [0, 0.1) is 5.41 Å². The van der Waals surface area contributed by atoms with Crippen LogP contribution in [0.3, 0.4) is 0 Å². The molecule has 0 bridgehead atoms. The summed E-state index contributed by atoms with van der Waals surface area (Å²) >= 11 is 0. The number of hydrogen-bond donors (Lipinski definition) is 3. The van der Waals surface area contributed by atoms with E-state index in [0.717, 1.165) is 37.0 Å². The van der Waals surface area contributed by atoms with Gasteiger partial charge in [0.05, 0.1) is 35.2 Å². The van der Waals surface area contributed by atoms with Gasteiger partial charge in [-0.3, -0.25) is 12.9 Å². The standard InChI is InChI=1S/C50H67N3O15S3/c1-47(2,27-25-46(56)68-53-44(54)23-24-45(53)55)35-48(3,4)52-41-22-19-36(70(59,60)61)33-39(41)50(6,28-30-64-7)43(52)18-15-13-11-12-14-17-42-49(5,26-16-32-69(57,58)66-9)38-34-37(71(62,63)67-10)20-21-40(38)51(42)29-31-65-8/h11-15,17-24,33-34H,16,25-32,35H2,1-10H3,(H2-,54,55,59,60,61)/p+1. The van der Waals surface area contributed by atoms with Crippen LogP contribution in [0.15, 0.2) is 107 Å². The molecule has 0 radical (unpaired) electrons.